The number of hydrogen-bond donors (Lipinski definition) is 2. The maximum atomic E-state index is 12.8. The van der Waals surface area contributed by atoms with E-state index in [1.807, 2.05) is 18.2 Å². The summed E-state index contributed by atoms with van der Waals surface area (Å²) < 4.78 is 10.5. The van der Waals surface area contributed by atoms with Crippen molar-refractivity contribution in [2.24, 2.45) is 16.5 Å². The summed E-state index contributed by atoms with van der Waals surface area (Å²) in [6, 6.07) is 11.9. The zero-order chi connectivity index (χ0) is 20.1. The molecule has 28 heavy (non-hydrogen) atoms. The summed E-state index contributed by atoms with van der Waals surface area (Å²) in [6.45, 7) is 2.05. The topological polar surface area (TPSA) is 117 Å². The molecule has 0 bridgehead atoms. The van der Waals surface area contributed by atoms with Crippen LogP contribution in [0.25, 0.3) is 0 Å². The number of carbonyl (C=O) groups excluding carboxylic acids is 2. The van der Waals surface area contributed by atoms with Gasteiger partial charge in [0.2, 0.25) is 0 Å². The normalized spacial score (nSPS) is 15.2. The van der Waals surface area contributed by atoms with Gasteiger partial charge in [0.05, 0.1) is 23.8 Å². The number of rotatable bonds is 5. The van der Waals surface area contributed by atoms with Crippen LogP contribution in [0.5, 0.6) is 5.75 Å². The highest BCUT2D eigenvalue weighted by atomic mass is 16.5. The van der Waals surface area contributed by atoms with Crippen LogP contribution in [0.1, 0.15) is 47.2 Å². The number of benzene rings is 2. The largest absolute Gasteiger partial charge is 0.462 e. The first-order chi connectivity index (χ1) is 13.5. The van der Waals surface area contributed by atoms with Crippen LogP contribution in [-0.2, 0) is 16.0 Å². The van der Waals surface area contributed by atoms with Crippen molar-refractivity contribution in [1.82, 2.24) is 0 Å². The van der Waals surface area contributed by atoms with Crippen molar-refractivity contribution >= 4 is 23.6 Å². The zero-order valence-electron chi connectivity index (χ0n) is 15.7. The van der Waals surface area contributed by atoms with Crippen molar-refractivity contribution in [3.05, 3.63) is 59.2 Å². The number of ether oxygens (including phenoxy) is 2. The first kappa shape index (κ1) is 19.4. The Morgan fingerprint density at radius 3 is 2.57 bits per heavy atom. The molecule has 0 fully saturated rings. The Kier molecular flexibility index (Phi) is 5.93. The number of guanidine groups is 1. The Hall–Kier alpha value is -3.35. The predicted molar refractivity (Wildman–Crippen MR) is 106 cm³/mol. The van der Waals surface area contributed by atoms with Gasteiger partial charge in [-0.25, -0.2) is 9.79 Å². The minimum Gasteiger partial charge on any atom is -0.462 e. The summed E-state index contributed by atoms with van der Waals surface area (Å²) in [6.07, 6.45) is 2.34. The number of esters is 2. The van der Waals surface area contributed by atoms with Gasteiger partial charge in [-0.05, 0) is 67.6 Å². The van der Waals surface area contributed by atoms with Crippen LogP contribution < -0.4 is 16.2 Å². The third-order valence-corrected chi connectivity index (χ3v) is 4.60. The molecule has 0 aromatic heterocycles. The van der Waals surface area contributed by atoms with Gasteiger partial charge in [-0.2, -0.15) is 0 Å². The van der Waals surface area contributed by atoms with E-state index in [0.29, 0.717) is 30.0 Å². The first-order valence-corrected chi connectivity index (χ1v) is 9.20. The average Bonchev–Trinajstić information content (AvgIpc) is 2.68. The van der Waals surface area contributed by atoms with Gasteiger partial charge in [-0.15, -0.1) is 0 Å². The highest BCUT2D eigenvalue weighted by Crippen LogP contribution is 2.37. The highest BCUT2D eigenvalue weighted by molar-refractivity contribution is 5.89. The van der Waals surface area contributed by atoms with Crippen molar-refractivity contribution < 1.29 is 19.1 Å². The molecule has 1 aliphatic rings. The second-order valence-corrected chi connectivity index (χ2v) is 6.49. The Bertz CT molecular complexity index is 902. The summed E-state index contributed by atoms with van der Waals surface area (Å²) in [5, 5.41) is 0. The van der Waals surface area contributed by atoms with Gasteiger partial charge in [0, 0.05) is 0 Å². The molecule has 3 rings (SSSR count). The summed E-state index contributed by atoms with van der Waals surface area (Å²) >= 11 is 0. The monoisotopic (exact) mass is 381 g/mol. The molecule has 4 N–H and O–H groups in total. The van der Waals surface area contributed by atoms with Gasteiger partial charge in [0.25, 0.3) is 0 Å². The minimum atomic E-state index is -0.408. The summed E-state index contributed by atoms with van der Waals surface area (Å²) in [7, 11) is 0. The van der Waals surface area contributed by atoms with E-state index in [0.717, 1.165) is 24.0 Å². The second-order valence-electron chi connectivity index (χ2n) is 6.49. The van der Waals surface area contributed by atoms with Crippen molar-refractivity contribution in [3.8, 4) is 5.75 Å². The van der Waals surface area contributed by atoms with E-state index >= 15 is 0 Å². The van der Waals surface area contributed by atoms with E-state index in [9.17, 15) is 9.59 Å². The van der Waals surface area contributed by atoms with E-state index in [-0.39, 0.29) is 17.8 Å². The molecule has 0 spiro atoms. The lowest BCUT2D eigenvalue weighted by Gasteiger charge is -2.25. The summed E-state index contributed by atoms with van der Waals surface area (Å²) in [5.41, 5.74) is 14.0. The van der Waals surface area contributed by atoms with E-state index in [2.05, 4.69) is 4.99 Å². The molecule has 0 amide bonds. The number of fused-ring (bicyclic) bond motifs is 1. The molecular weight excluding hydrogens is 358 g/mol. The fourth-order valence-electron chi connectivity index (χ4n) is 3.38. The molecule has 1 unspecified atom stereocenters. The lowest BCUT2D eigenvalue weighted by atomic mass is 9.82. The second kappa shape index (κ2) is 8.56. The molecule has 7 heteroatoms. The van der Waals surface area contributed by atoms with Crippen LogP contribution in [0.2, 0.25) is 0 Å². The quantitative estimate of drug-likeness (QED) is 0.356. The number of nitrogens with zero attached hydrogens (tertiary/aromatic N) is 1. The third-order valence-electron chi connectivity index (χ3n) is 4.60. The van der Waals surface area contributed by atoms with Crippen LogP contribution >= 0.6 is 0 Å². The maximum Gasteiger partial charge on any atom is 0.338 e. The predicted octanol–water partition coefficient (Wildman–Crippen LogP) is 2.79. The molecule has 2 aromatic rings. The van der Waals surface area contributed by atoms with Crippen molar-refractivity contribution in [1.29, 1.82) is 0 Å². The number of nitrogens with two attached hydrogens (primary N) is 2. The fourth-order valence-corrected chi connectivity index (χ4v) is 3.38. The standard InChI is InChI=1S/C21H23N3O4/c1-2-27-19(25)13-9-11-14(12-10-13)28-20(26)17-7-3-6-16-15(17)5-4-8-18(16)24-21(22)23/h4-5,8-12,17H,2-3,6-7H2,1H3,(H4,22,23,24). The average molecular weight is 381 g/mol. The summed E-state index contributed by atoms with van der Waals surface area (Å²) in [5.74, 6) is -0.770. The van der Waals surface area contributed by atoms with Crippen LogP contribution in [0.4, 0.5) is 5.69 Å². The van der Waals surface area contributed by atoms with Crippen LogP contribution in [-0.4, -0.2) is 24.5 Å². The molecule has 2 aromatic carbocycles. The van der Waals surface area contributed by atoms with E-state index in [1.165, 1.54) is 0 Å². The van der Waals surface area contributed by atoms with Gasteiger partial charge in [0.1, 0.15) is 5.75 Å². The number of aliphatic imine (C=N–C) groups is 1. The third kappa shape index (κ3) is 4.31. The van der Waals surface area contributed by atoms with E-state index < -0.39 is 5.97 Å². The molecule has 1 atom stereocenters. The SMILES string of the molecule is CCOC(=O)c1ccc(OC(=O)C2CCCc3c(N=C(N)N)cccc32)cc1. The lowest BCUT2D eigenvalue weighted by Crippen LogP contribution is -2.24. The van der Waals surface area contributed by atoms with Crippen molar-refractivity contribution in [2.45, 2.75) is 32.1 Å². The van der Waals surface area contributed by atoms with E-state index in [4.69, 9.17) is 20.9 Å². The minimum absolute atomic E-state index is 0.0141. The van der Waals surface area contributed by atoms with Gasteiger partial charge in [-0.1, -0.05) is 12.1 Å². The van der Waals surface area contributed by atoms with Crippen LogP contribution in [0.15, 0.2) is 47.5 Å². The van der Waals surface area contributed by atoms with Crippen LogP contribution in [0, 0.1) is 0 Å². The molecule has 146 valence electrons. The van der Waals surface area contributed by atoms with Gasteiger partial charge in [-0.3, -0.25) is 4.79 Å². The molecule has 0 aliphatic heterocycles. The maximum absolute atomic E-state index is 12.8. The Morgan fingerprint density at radius 2 is 1.89 bits per heavy atom. The summed E-state index contributed by atoms with van der Waals surface area (Å²) in [4.78, 5) is 28.7. The molecule has 0 saturated carbocycles. The molecule has 0 radical (unpaired) electrons. The molecular formula is C21H23N3O4. The van der Waals surface area contributed by atoms with Gasteiger partial charge in [0.15, 0.2) is 5.96 Å². The molecule has 0 saturated heterocycles. The fraction of sp³-hybridized carbons (Fsp3) is 0.286. The van der Waals surface area contributed by atoms with Crippen molar-refractivity contribution in [2.75, 3.05) is 6.61 Å². The zero-order valence-corrected chi connectivity index (χ0v) is 15.7. The molecule has 7 nitrogen and oxygen atoms in total. The van der Waals surface area contributed by atoms with Crippen LogP contribution in [0.3, 0.4) is 0 Å². The smallest absolute Gasteiger partial charge is 0.338 e. The first-order valence-electron chi connectivity index (χ1n) is 9.20. The molecule has 0 heterocycles. The number of hydrogen-bond acceptors (Lipinski definition) is 5. The molecule has 1 aliphatic carbocycles. The van der Waals surface area contributed by atoms with E-state index in [1.54, 1.807) is 31.2 Å². The Balaban J connectivity index is 1.78. The van der Waals surface area contributed by atoms with Gasteiger partial charge < -0.3 is 20.9 Å². The number of carbonyl (C=O) groups is 2. The highest BCUT2D eigenvalue weighted by Gasteiger charge is 2.29. The Labute approximate surface area is 163 Å². The lowest BCUT2D eigenvalue weighted by molar-refractivity contribution is -0.136. The Morgan fingerprint density at radius 1 is 1.14 bits per heavy atom. The van der Waals surface area contributed by atoms with Crippen molar-refractivity contribution in [3.63, 3.8) is 0 Å². The van der Waals surface area contributed by atoms with Gasteiger partial charge >= 0.3 is 11.9 Å².